The first-order valence-corrected chi connectivity index (χ1v) is 9.67. The average Bonchev–Trinajstić information content (AvgIpc) is 3.38. The summed E-state index contributed by atoms with van der Waals surface area (Å²) in [5, 5.41) is 2.57. The largest absolute Gasteiger partial charge is 0.493 e. The van der Waals surface area contributed by atoms with Gasteiger partial charge in [-0.05, 0) is 83.6 Å². The molecule has 4 aliphatic rings. The van der Waals surface area contributed by atoms with Gasteiger partial charge >= 0.3 is 0 Å². The average molecular weight is 316 g/mol. The summed E-state index contributed by atoms with van der Waals surface area (Å²) in [4.78, 5) is 0. The lowest BCUT2D eigenvalue weighted by atomic mass is 9.69. The maximum Gasteiger partial charge on any atom is 0.119 e. The van der Waals surface area contributed by atoms with Crippen LogP contribution >= 0.6 is 0 Å². The molecule has 4 bridgehead atoms. The molecule has 0 radical (unpaired) electrons. The molecule has 1 nitrogen and oxygen atoms in total. The molecule has 0 aliphatic heterocycles. The first-order valence-electron chi connectivity index (χ1n) is 9.67. The predicted molar refractivity (Wildman–Crippen MR) is 96.9 cm³/mol. The van der Waals surface area contributed by atoms with Crippen molar-refractivity contribution < 1.29 is 4.74 Å². The molecule has 0 aromatic heterocycles. The Hall–Kier alpha value is -1.76. The third kappa shape index (κ3) is 1.82. The Morgan fingerprint density at radius 1 is 0.833 bits per heavy atom. The Bertz CT molecular complexity index is 822. The van der Waals surface area contributed by atoms with Crippen LogP contribution in [0.3, 0.4) is 0 Å². The fraction of sp³-hybridized carbons (Fsp3) is 0.478. The van der Waals surface area contributed by atoms with Crippen molar-refractivity contribution in [3.63, 3.8) is 0 Å². The summed E-state index contributed by atoms with van der Waals surface area (Å²) in [6.07, 6.45) is 9.42. The van der Waals surface area contributed by atoms with Gasteiger partial charge in [0, 0.05) is 0 Å². The van der Waals surface area contributed by atoms with Gasteiger partial charge in [0.25, 0.3) is 0 Å². The molecular weight excluding hydrogens is 292 g/mol. The van der Waals surface area contributed by atoms with Gasteiger partial charge in [-0.3, -0.25) is 0 Å². The number of allylic oxidation sites excluding steroid dienone is 2. The summed E-state index contributed by atoms with van der Waals surface area (Å²) in [5.74, 6) is 7.60. The lowest BCUT2D eigenvalue weighted by Gasteiger charge is -2.36. The highest BCUT2D eigenvalue weighted by Crippen LogP contribution is 2.66. The highest BCUT2D eigenvalue weighted by atomic mass is 16.5. The van der Waals surface area contributed by atoms with E-state index in [0.717, 1.165) is 53.8 Å². The van der Waals surface area contributed by atoms with Crippen molar-refractivity contribution >= 4 is 10.8 Å². The lowest BCUT2D eigenvalue weighted by molar-refractivity contribution is 0.109. The summed E-state index contributed by atoms with van der Waals surface area (Å²) in [6, 6.07) is 15.1. The van der Waals surface area contributed by atoms with Gasteiger partial charge in [0.2, 0.25) is 0 Å². The number of hydrogen-bond acceptors (Lipinski definition) is 1. The molecule has 0 spiro atoms. The summed E-state index contributed by atoms with van der Waals surface area (Å²) in [5.41, 5.74) is 0. The molecule has 7 unspecified atom stereocenters. The van der Waals surface area contributed by atoms with Gasteiger partial charge in [0.15, 0.2) is 0 Å². The van der Waals surface area contributed by atoms with Crippen LogP contribution in [-0.4, -0.2) is 6.61 Å². The minimum absolute atomic E-state index is 0.787. The van der Waals surface area contributed by atoms with E-state index in [1.54, 1.807) is 0 Å². The minimum Gasteiger partial charge on any atom is -0.493 e. The SMILES string of the molecule is C1=CC2CC1C1C3CC(COc4ccc5ccccc5c4)C(C3)C21. The molecule has 0 saturated heterocycles. The van der Waals surface area contributed by atoms with Gasteiger partial charge in [-0.15, -0.1) is 0 Å². The molecule has 0 amide bonds. The summed E-state index contributed by atoms with van der Waals surface area (Å²) < 4.78 is 6.26. The van der Waals surface area contributed by atoms with Gasteiger partial charge in [-0.25, -0.2) is 0 Å². The number of ether oxygens (including phenoxy) is 1. The van der Waals surface area contributed by atoms with Gasteiger partial charge in [-0.1, -0.05) is 42.5 Å². The zero-order valence-corrected chi connectivity index (χ0v) is 14.0. The lowest BCUT2D eigenvalue weighted by Crippen LogP contribution is -2.33. The van der Waals surface area contributed by atoms with Crippen LogP contribution in [0.1, 0.15) is 19.3 Å². The van der Waals surface area contributed by atoms with Crippen molar-refractivity contribution in [2.75, 3.05) is 6.61 Å². The highest BCUT2D eigenvalue weighted by molar-refractivity contribution is 5.83. The standard InChI is InChI=1S/C23H24O/c1-2-4-15-11-20(8-7-14(15)3-1)24-13-19-10-18-12-21(19)23-17-6-5-16(9-17)22(18)23/h1-8,11,16-19,21-23H,9-10,12-13H2. The Morgan fingerprint density at radius 2 is 1.67 bits per heavy atom. The van der Waals surface area contributed by atoms with E-state index in [1.165, 1.54) is 30.0 Å². The predicted octanol–water partition coefficient (Wildman–Crippen LogP) is 5.31. The second kappa shape index (κ2) is 4.88. The number of fused-ring (bicyclic) bond motifs is 10. The molecule has 4 aliphatic carbocycles. The van der Waals surface area contributed by atoms with Crippen LogP contribution in [0, 0.1) is 41.4 Å². The first kappa shape index (κ1) is 13.5. The van der Waals surface area contributed by atoms with Crippen LogP contribution in [0.15, 0.2) is 54.6 Å². The third-order valence-electron chi connectivity index (χ3n) is 7.59. The maximum absolute atomic E-state index is 6.26. The molecule has 7 atom stereocenters. The van der Waals surface area contributed by atoms with Crippen LogP contribution in [0.4, 0.5) is 0 Å². The summed E-state index contributed by atoms with van der Waals surface area (Å²) in [6.45, 7) is 0.920. The Morgan fingerprint density at radius 3 is 2.58 bits per heavy atom. The molecular formula is C23H24O. The Balaban J connectivity index is 1.19. The van der Waals surface area contributed by atoms with Crippen LogP contribution in [0.25, 0.3) is 10.8 Å². The normalized spacial score (nSPS) is 41.2. The molecule has 0 N–H and O–H groups in total. The van der Waals surface area contributed by atoms with Crippen molar-refractivity contribution in [1.29, 1.82) is 0 Å². The van der Waals surface area contributed by atoms with Crippen LogP contribution in [0.2, 0.25) is 0 Å². The van der Waals surface area contributed by atoms with E-state index >= 15 is 0 Å². The van der Waals surface area contributed by atoms with E-state index < -0.39 is 0 Å². The molecule has 0 heterocycles. The third-order valence-corrected chi connectivity index (χ3v) is 7.59. The molecule has 122 valence electrons. The van der Waals surface area contributed by atoms with Crippen LogP contribution < -0.4 is 4.74 Å². The number of hydrogen-bond donors (Lipinski definition) is 0. The molecule has 3 fully saturated rings. The number of rotatable bonds is 3. The molecule has 1 heteroatoms. The first-order chi connectivity index (χ1) is 11.9. The minimum atomic E-state index is 0.787. The van der Waals surface area contributed by atoms with E-state index in [2.05, 4.69) is 54.6 Å². The van der Waals surface area contributed by atoms with Gasteiger partial charge in [0.1, 0.15) is 5.75 Å². The molecule has 6 rings (SSSR count). The van der Waals surface area contributed by atoms with E-state index in [9.17, 15) is 0 Å². The Kier molecular flexibility index (Phi) is 2.75. The van der Waals surface area contributed by atoms with Crippen molar-refractivity contribution in [2.45, 2.75) is 19.3 Å². The monoisotopic (exact) mass is 316 g/mol. The fourth-order valence-electron chi connectivity index (χ4n) is 6.81. The van der Waals surface area contributed by atoms with E-state index in [-0.39, 0.29) is 0 Å². The summed E-state index contributed by atoms with van der Waals surface area (Å²) in [7, 11) is 0. The van der Waals surface area contributed by atoms with Gasteiger partial charge < -0.3 is 4.74 Å². The van der Waals surface area contributed by atoms with Crippen molar-refractivity contribution in [3.8, 4) is 5.75 Å². The van der Waals surface area contributed by atoms with Gasteiger partial charge in [0.05, 0.1) is 6.61 Å². The van der Waals surface area contributed by atoms with Crippen molar-refractivity contribution in [2.24, 2.45) is 41.4 Å². The van der Waals surface area contributed by atoms with E-state index in [4.69, 9.17) is 4.74 Å². The van der Waals surface area contributed by atoms with Crippen molar-refractivity contribution in [3.05, 3.63) is 54.6 Å². The zero-order chi connectivity index (χ0) is 15.7. The van der Waals surface area contributed by atoms with Crippen molar-refractivity contribution in [1.82, 2.24) is 0 Å². The van der Waals surface area contributed by atoms with E-state index in [1.807, 2.05) is 0 Å². The molecule has 2 aromatic carbocycles. The second-order valence-corrected chi connectivity index (χ2v) is 8.58. The van der Waals surface area contributed by atoms with E-state index in [0.29, 0.717) is 0 Å². The second-order valence-electron chi connectivity index (χ2n) is 8.58. The number of benzene rings is 2. The van der Waals surface area contributed by atoms with Crippen LogP contribution in [0.5, 0.6) is 5.75 Å². The molecule has 3 saturated carbocycles. The highest BCUT2D eigenvalue weighted by Gasteiger charge is 2.60. The fourth-order valence-corrected chi connectivity index (χ4v) is 6.81. The zero-order valence-electron chi connectivity index (χ0n) is 14.0. The molecule has 24 heavy (non-hydrogen) atoms. The topological polar surface area (TPSA) is 9.23 Å². The Labute approximate surface area is 143 Å². The smallest absolute Gasteiger partial charge is 0.119 e. The summed E-state index contributed by atoms with van der Waals surface area (Å²) >= 11 is 0. The quantitative estimate of drug-likeness (QED) is 0.550. The van der Waals surface area contributed by atoms with Gasteiger partial charge in [-0.2, -0.15) is 0 Å². The molecule has 2 aromatic rings. The maximum atomic E-state index is 6.26. The van der Waals surface area contributed by atoms with Crippen LogP contribution in [-0.2, 0) is 0 Å².